The molecule has 0 aliphatic rings. The normalized spacial score (nSPS) is 13.0. The lowest BCUT2D eigenvalue weighted by Gasteiger charge is -2.15. The molecule has 0 N–H and O–H groups in total. The van der Waals surface area contributed by atoms with Crippen molar-refractivity contribution >= 4 is 22.8 Å². The zero-order valence-corrected chi connectivity index (χ0v) is 18.6. The number of fused-ring (bicyclic) bond motifs is 1. The molecule has 1 unspecified atom stereocenters. The Hall–Kier alpha value is -2.49. The van der Waals surface area contributed by atoms with Crippen LogP contribution < -0.4 is 11.2 Å². The van der Waals surface area contributed by atoms with Gasteiger partial charge in [0.1, 0.15) is 16.2 Å². The number of hydrogen-bond acceptors (Lipinski definition) is 8. The highest BCUT2D eigenvalue weighted by Gasteiger charge is 2.23. The van der Waals surface area contributed by atoms with E-state index in [9.17, 15) is 9.59 Å². The monoisotopic (exact) mass is 418 g/mol. The van der Waals surface area contributed by atoms with Crippen LogP contribution in [0.15, 0.2) is 19.1 Å². The molecule has 29 heavy (non-hydrogen) atoms. The van der Waals surface area contributed by atoms with Gasteiger partial charge in [-0.05, 0) is 19.8 Å². The first kappa shape index (κ1) is 21.2. The molecule has 10 heteroatoms. The fourth-order valence-corrected chi connectivity index (χ4v) is 3.93. The van der Waals surface area contributed by atoms with E-state index in [0.717, 1.165) is 4.57 Å². The lowest BCUT2D eigenvalue weighted by Crippen LogP contribution is -2.39. The first-order valence-electron chi connectivity index (χ1n) is 9.58. The average Bonchev–Trinajstić information content (AvgIpc) is 3.13. The zero-order valence-electron chi connectivity index (χ0n) is 17.8. The number of aromatic nitrogens is 6. The van der Waals surface area contributed by atoms with Crippen LogP contribution >= 0.6 is 11.8 Å². The molecule has 3 aromatic heterocycles. The van der Waals surface area contributed by atoms with Gasteiger partial charge in [-0.15, -0.1) is 0 Å². The number of hydrogen-bond donors (Lipinski definition) is 0. The number of aryl methyl sites for hydroxylation is 1. The second-order valence-electron chi connectivity index (χ2n) is 7.83. The fraction of sp³-hybridized carbons (Fsp3) is 0.579. The van der Waals surface area contributed by atoms with Gasteiger partial charge in [0.15, 0.2) is 11.5 Å². The van der Waals surface area contributed by atoms with Crippen LogP contribution in [0, 0.1) is 12.8 Å². The molecule has 0 saturated carbocycles. The minimum atomic E-state index is -0.409. The molecule has 0 amide bonds. The van der Waals surface area contributed by atoms with Crippen LogP contribution in [0.3, 0.4) is 0 Å². The van der Waals surface area contributed by atoms with Gasteiger partial charge in [-0.2, -0.15) is 4.98 Å². The summed E-state index contributed by atoms with van der Waals surface area (Å²) in [5.41, 5.74) is -0.424. The van der Waals surface area contributed by atoms with E-state index in [1.807, 2.05) is 34.6 Å². The Labute approximate surface area is 172 Å². The molecular formula is C19H26N6O3S. The molecule has 0 aliphatic heterocycles. The Bertz CT molecular complexity index is 1160. The van der Waals surface area contributed by atoms with Gasteiger partial charge in [0.25, 0.3) is 5.56 Å². The largest absolute Gasteiger partial charge is 0.338 e. The van der Waals surface area contributed by atoms with Crippen molar-refractivity contribution in [3.8, 4) is 0 Å². The molecular weight excluding hydrogens is 392 g/mol. The number of rotatable bonds is 6. The van der Waals surface area contributed by atoms with E-state index in [-0.39, 0.29) is 22.8 Å². The molecule has 3 rings (SSSR count). The minimum absolute atomic E-state index is 0.157. The van der Waals surface area contributed by atoms with Crippen LogP contribution in [-0.2, 0) is 13.6 Å². The maximum Gasteiger partial charge on any atom is 0.332 e. The molecule has 0 saturated heterocycles. The van der Waals surface area contributed by atoms with Gasteiger partial charge < -0.3 is 4.52 Å². The van der Waals surface area contributed by atoms with Crippen LogP contribution in [0.4, 0.5) is 0 Å². The van der Waals surface area contributed by atoms with Crippen LogP contribution in [-0.4, -0.2) is 29.2 Å². The molecule has 0 bridgehead atoms. The summed E-state index contributed by atoms with van der Waals surface area (Å²) < 4.78 is 8.05. The Morgan fingerprint density at radius 3 is 2.34 bits per heavy atom. The van der Waals surface area contributed by atoms with Gasteiger partial charge in [-0.3, -0.25) is 13.9 Å². The summed E-state index contributed by atoms with van der Waals surface area (Å²) in [4.78, 5) is 39.0. The van der Waals surface area contributed by atoms with E-state index < -0.39 is 5.56 Å². The standard InChI is InChI=1S/C19H26N6O3S/c1-9(2)8-25-15-13(18(26)24(7)19(25)27)17(21-12(6)20-15)29-11(5)16-22-14(10(3)4)23-28-16/h9-11H,8H2,1-7H3. The van der Waals surface area contributed by atoms with Crippen molar-refractivity contribution in [3.63, 3.8) is 0 Å². The van der Waals surface area contributed by atoms with Gasteiger partial charge in [-0.1, -0.05) is 44.6 Å². The van der Waals surface area contributed by atoms with Gasteiger partial charge in [0.2, 0.25) is 5.89 Å². The lowest BCUT2D eigenvalue weighted by molar-refractivity contribution is 0.373. The lowest BCUT2D eigenvalue weighted by atomic mass is 10.2. The predicted molar refractivity (Wildman–Crippen MR) is 111 cm³/mol. The van der Waals surface area contributed by atoms with Crippen molar-refractivity contribution in [3.05, 3.63) is 38.4 Å². The second kappa shape index (κ2) is 8.10. The molecule has 0 spiro atoms. The van der Waals surface area contributed by atoms with Gasteiger partial charge in [0.05, 0.1) is 5.25 Å². The fourth-order valence-electron chi connectivity index (χ4n) is 2.92. The second-order valence-corrected chi connectivity index (χ2v) is 9.16. The van der Waals surface area contributed by atoms with Crippen LogP contribution in [0.2, 0.25) is 0 Å². The highest BCUT2D eigenvalue weighted by Crippen LogP contribution is 2.35. The summed E-state index contributed by atoms with van der Waals surface area (Å²) in [5, 5.41) is 4.62. The molecule has 3 heterocycles. The summed E-state index contributed by atoms with van der Waals surface area (Å²) in [7, 11) is 1.48. The van der Waals surface area contributed by atoms with Gasteiger partial charge in [0, 0.05) is 19.5 Å². The quantitative estimate of drug-likeness (QED) is 0.444. The number of thioether (sulfide) groups is 1. The molecule has 156 valence electrons. The first-order chi connectivity index (χ1) is 13.6. The molecule has 0 radical (unpaired) electrons. The van der Waals surface area contributed by atoms with E-state index in [1.165, 1.54) is 18.8 Å². The molecule has 0 aromatic carbocycles. The Morgan fingerprint density at radius 2 is 1.76 bits per heavy atom. The van der Waals surface area contributed by atoms with E-state index >= 15 is 0 Å². The van der Waals surface area contributed by atoms with Crippen molar-refractivity contribution in [1.29, 1.82) is 0 Å². The van der Waals surface area contributed by atoms with E-state index in [0.29, 0.717) is 40.1 Å². The van der Waals surface area contributed by atoms with E-state index in [1.54, 1.807) is 11.5 Å². The topological polar surface area (TPSA) is 109 Å². The van der Waals surface area contributed by atoms with Crippen molar-refractivity contribution in [2.75, 3.05) is 0 Å². The summed E-state index contributed by atoms with van der Waals surface area (Å²) in [6.45, 7) is 12.1. The summed E-state index contributed by atoms with van der Waals surface area (Å²) >= 11 is 1.35. The van der Waals surface area contributed by atoms with Crippen LogP contribution in [0.5, 0.6) is 0 Å². The van der Waals surface area contributed by atoms with E-state index in [2.05, 4.69) is 20.1 Å². The third-order valence-electron chi connectivity index (χ3n) is 4.42. The van der Waals surface area contributed by atoms with Crippen molar-refractivity contribution < 1.29 is 4.52 Å². The third kappa shape index (κ3) is 4.12. The molecule has 3 aromatic rings. The number of nitrogens with zero attached hydrogens (tertiary/aromatic N) is 6. The van der Waals surface area contributed by atoms with Gasteiger partial charge >= 0.3 is 5.69 Å². The van der Waals surface area contributed by atoms with Gasteiger partial charge in [-0.25, -0.2) is 14.8 Å². The van der Waals surface area contributed by atoms with Crippen molar-refractivity contribution in [2.45, 2.75) is 64.3 Å². The minimum Gasteiger partial charge on any atom is -0.338 e. The smallest absolute Gasteiger partial charge is 0.332 e. The Balaban J connectivity index is 2.16. The third-order valence-corrected chi connectivity index (χ3v) is 5.49. The van der Waals surface area contributed by atoms with Crippen LogP contribution in [0.1, 0.15) is 63.3 Å². The molecule has 0 aliphatic carbocycles. The van der Waals surface area contributed by atoms with Crippen molar-refractivity contribution in [1.82, 2.24) is 29.2 Å². The average molecular weight is 419 g/mol. The summed E-state index contributed by atoms with van der Waals surface area (Å²) in [6, 6.07) is 0. The van der Waals surface area contributed by atoms with E-state index in [4.69, 9.17) is 4.52 Å². The molecule has 1 atom stereocenters. The Kier molecular flexibility index (Phi) is 5.92. The maximum absolute atomic E-state index is 12.9. The zero-order chi connectivity index (χ0) is 21.5. The molecule has 9 nitrogen and oxygen atoms in total. The SMILES string of the molecule is Cc1nc(SC(C)c2nc(C(C)C)no2)c2c(=O)n(C)c(=O)n(CC(C)C)c2n1. The first-order valence-corrected chi connectivity index (χ1v) is 10.5. The summed E-state index contributed by atoms with van der Waals surface area (Å²) in [6.07, 6.45) is 0. The van der Waals surface area contributed by atoms with Crippen molar-refractivity contribution in [2.24, 2.45) is 13.0 Å². The van der Waals surface area contributed by atoms with Crippen LogP contribution in [0.25, 0.3) is 11.0 Å². The summed E-state index contributed by atoms with van der Waals surface area (Å²) in [5.74, 6) is 1.97. The maximum atomic E-state index is 12.9. The predicted octanol–water partition coefficient (Wildman–Crippen LogP) is 2.81. The molecule has 0 fully saturated rings. The Morgan fingerprint density at radius 1 is 1.07 bits per heavy atom. The highest BCUT2D eigenvalue weighted by molar-refractivity contribution is 7.99. The highest BCUT2D eigenvalue weighted by atomic mass is 32.2.